The fourth-order valence-electron chi connectivity index (χ4n) is 2.86. The molecule has 0 saturated carbocycles. The lowest BCUT2D eigenvalue weighted by atomic mass is 9.95. The number of amides is 1. The van der Waals surface area contributed by atoms with Gasteiger partial charge in [-0.3, -0.25) is 14.6 Å². The number of nitrogens with one attached hydrogen (secondary N) is 1. The first kappa shape index (κ1) is 19.6. The Hall–Kier alpha value is -3.12. The highest BCUT2D eigenvalue weighted by atomic mass is 31.2. The number of rotatable bonds is 5. The van der Waals surface area contributed by atoms with E-state index in [1.165, 1.54) is 13.0 Å². The summed E-state index contributed by atoms with van der Waals surface area (Å²) < 4.78 is 16.4. The Labute approximate surface area is 161 Å². The van der Waals surface area contributed by atoms with E-state index in [2.05, 4.69) is 5.32 Å². The molecular formula is C20H18NO6P. The molecule has 144 valence electrons. The van der Waals surface area contributed by atoms with E-state index in [0.717, 1.165) is 0 Å². The molecule has 3 rings (SSSR count). The van der Waals surface area contributed by atoms with Crippen molar-refractivity contribution in [2.75, 3.05) is 5.32 Å². The van der Waals surface area contributed by atoms with Crippen LogP contribution in [0.15, 0.2) is 66.7 Å². The summed E-state index contributed by atoms with van der Waals surface area (Å²) in [7, 11) is -4.97. The van der Waals surface area contributed by atoms with Gasteiger partial charge >= 0.3 is 7.82 Å². The van der Waals surface area contributed by atoms with E-state index in [0.29, 0.717) is 16.7 Å². The second-order valence-electron chi connectivity index (χ2n) is 6.02. The van der Waals surface area contributed by atoms with Gasteiger partial charge in [0.15, 0.2) is 5.75 Å². The van der Waals surface area contributed by atoms with Crippen LogP contribution in [0.25, 0.3) is 22.3 Å². The lowest BCUT2D eigenvalue weighted by Crippen LogP contribution is -2.08. The molecule has 0 saturated heterocycles. The Morgan fingerprint density at radius 2 is 1.50 bits per heavy atom. The molecular weight excluding hydrogens is 381 g/mol. The molecule has 7 nitrogen and oxygen atoms in total. The normalized spacial score (nSPS) is 11.1. The van der Waals surface area contributed by atoms with Crippen LogP contribution in [-0.2, 0) is 9.36 Å². The number of phenolic OH excluding ortho intramolecular Hbond substituents is 1. The van der Waals surface area contributed by atoms with E-state index in [1.807, 2.05) is 6.07 Å². The second-order valence-corrected chi connectivity index (χ2v) is 7.18. The smallest absolute Gasteiger partial charge is 0.507 e. The molecule has 0 fully saturated rings. The number of phosphoric ester groups is 1. The minimum absolute atomic E-state index is 0.0336. The van der Waals surface area contributed by atoms with E-state index in [4.69, 9.17) is 4.52 Å². The SMILES string of the molecule is CC(=O)Nc1cc(-c2ccccc2)c(O)c(-c2ccccc2)c1OP(=O)(O)O. The summed E-state index contributed by atoms with van der Waals surface area (Å²) in [4.78, 5) is 30.4. The number of carbonyl (C=O) groups is 1. The third-order valence-corrected chi connectivity index (χ3v) is 4.34. The van der Waals surface area contributed by atoms with E-state index in [1.54, 1.807) is 54.6 Å². The van der Waals surface area contributed by atoms with Gasteiger partial charge in [0.25, 0.3) is 0 Å². The number of hydrogen-bond acceptors (Lipinski definition) is 4. The van der Waals surface area contributed by atoms with Gasteiger partial charge < -0.3 is 14.9 Å². The highest BCUT2D eigenvalue weighted by Crippen LogP contribution is 2.52. The molecule has 0 unspecified atom stereocenters. The quantitative estimate of drug-likeness (QED) is 0.378. The first-order chi connectivity index (χ1) is 13.3. The molecule has 0 aliphatic carbocycles. The summed E-state index contributed by atoms with van der Waals surface area (Å²) in [5.74, 6) is -0.999. The van der Waals surface area contributed by atoms with Gasteiger partial charge in [-0.25, -0.2) is 4.57 Å². The molecule has 0 heterocycles. The summed E-state index contributed by atoms with van der Waals surface area (Å²) >= 11 is 0. The number of hydrogen-bond donors (Lipinski definition) is 4. The van der Waals surface area contributed by atoms with Crippen molar-refractivity contribution in [2.45, 2.75) is 6.92 Å². The molecule has 4 N–H and O–H groups in total. The monoisotopic (exact) mass is 399 g/mol. The lowest BCUT2D eigenvalue weighted by molar-refractivity contribution is -0.114. The van der Waals surface area contributed by atoms with Gasteiger partial charge in [-0.2, -0.15) is 0 Å². The van der Waals surface area contributed by atoms with Crippen LogP contribution in [0.5, 0.6) is 11.5 Å². The van der Waals surface area contributed by atoms with Gasteiger partial charge in [0.05, 0.1) is 11.3 Å². The number of carbonyl (C=O) groups excluding carboxylic acids is 1. The van der Waals surface area contributed by atoms with Crippen LogP contribution in [0.2, 0.25) is 0 Å². The standard InChI is InChI=1S/C20H18NO6P/c1-13(22)21-17-12-16(14-8-4-2-5-9-14)19(23)18(15-10-6-3-7-11-15)20(17)27-28(24,25)26/h2-12,23H,1H3,(H,21,22)(H2,24,25,26). The Morgan fingerprint density at radius 1 is 0.964 bits per heavy atom. The van der Waals surface area contributed by atoms with Crippen molar-refractivity contribution in [1.82, 2.24) is 0 Å². The molecule has 0 atom stereocenters. The summed E-state index contributed by atoms with van der Waals surface area (Å²) in [5.41, 5.74) is 1.60. The number of aromatic hydroxyl groups is 1. The van der Waals surface area contributed by atoms with Gasteiger partial charge in [-0.15, -0.1) is 0 Å². The molecule has 1 amide bonds. The van der Waals surface area contributed by atoms with Crippen LogP contribution in [-0.4, -0.2) is 20.8 Å². The maximum Gasteiger partial charge on any atom is 0.524 e. The zero-order chi connectivity index (χ0) is 20.3. The molecule has 0 bridgehead atoms. The molecule has 0 aliphatic rings. The third-order valence-electron chi connectivity index (χ3n) is 3.92. The largest absolute Gasteiger partial charge is 0.524 e. The van der Waals surface area contributed by atoms with Crippen molar-refractivity contribution in [1.29, 1.82) is 0 Å². The zero-order valence-electron chi connectivity index (χ0n) is 14.9. The molecule has 28 heavy (non-hydrogen) atoms. The Morgan fingerprint density at radius 3 is 2.00 bits per heavy atom. The van der Waals surface area contributed by atoms with E-state index >= 15 is 0 Å². The van der Waals surface area contributed by atoms with Crippen molar-refractivity contribution < 1.29 is 28.8 Å². The van der Waals surface area contributed by atoms with Crippen LogP contribution >= 0.6 is 7.82 Å². The highest BCUT2D eigenvalue weighted by molar-refractivity contribution is 7.46. The molecule has 8 heteroatoms. The summed E-state index contributed by atoms with van der Waals surface area (Å²) in [5, 5.41) is 13.5. The molecule has 0 radical (unpaired) electrons. The fraction of sp³-hybridized carbons (Fsp3) is 0.0500. The Kier molecular flexibility index (Phi) is 5.51. The van der Waals surface area contributed by atoms with Crippen LogP contribution in [0.1, 0.15) is 6.92 Å². The predicted molar refractivity (Wildman–Crippen MR) is 106 cm³/mol. The maximum atomic E-state index is 11.7. The van der Waals surface area contributed by atoms with Crippen LogP contribution in [0.4, 0.5) is 5.69 Å². The van der Waals surface area contributed by atoms with Crippen molar-refractivity contribution in [3.63, 3.8) is 0 Å². The molecule has 0 aliphatic heterocycles. The summed E-state index contributed by atoms with van der Waals surface area (Å²) in [6.07, 6.45) is 0. The minimum atomic E-state index is -4.97. The minimum Gasteiger partial charge on any atom is -0.507 e. The van der Waals surface area contributed by atoms with E-state index in [-0.39, 0.29) is 22.7 Å². The first-order valence-electron chi connectivity index (χ1n) is 8.30. The van der Waals surface area contributed by atoms with Crippen molar-refractivity contribution in [3.05, 3.63) is 66.7 Å². The number of phenols is 1. The first-order valence-corrected chi connectivity index (χ1v) is 9.83. The Bertz CT molecular complexity index is 1050. The third kappa shape index (κ3) is 4.40. The average Bonchev–Trinajstić information content (AvgIpc) is 2.64. The summed E-state index contributed by atoms with van der Waals surface area (Å²) in [6, 6.07) is 18.9. The number of phosphoric acid groups is 1. The van der Waals surface area contributed by atoms with Gasteiger partial charge in [0.1, 0.15) is 5.75 Å². The van der Waals surface area contributed by atoms with Gasteiger partial charge in [-0.05, 0) is 17.2 Å². The summed E-state index contributed by atoms with van der Waals surface area (Å²) in [6.45, 7) is 1.26. The van der Waals surface area contributed by atoms with Crippen LogP contribution in [0, 0.1) is 0 Å². The zero-order valence-corrected chi connectivity index (χ0v) is 15.8. The number of benzene rings is 3. The van der Waals surface area contributed by atoms with Crippen LogP contribution in [0.3, 0.4) is 0 Å². The van der Waals surface area contributed by atoms with E-state index < -0.39 is 13.7 Å². The second kappa shape index (κ2) is 7.86. The number of anilines is 1. The van der Waals surface area contributed by atoms with Crippen LogP contribution < -0.4 is 9.84 Å². The molecule has 3 aromatic carbocycles. The predicted octanol–water partition coefficient (Wildman–Crippen LogP) is 4.16. The van der Waals surface area contributed by atoms with Gasteiger partial charge in [0.2, 0.25) is 5.91 Å². The van der Waals surface area contributed by atoms with Gasteiger partial charge in [-0.1, -0.05) is 60.7 Å². The maximum absolute atomic E-state index is 11.7. The highest BCUT2D eigenvalue weighted by Gasteiger charge is 2.27. The molecule has 0 spiro atoms. The van der Waals surface area contributed by atoms with Crippen molar-refractivity contribution in [3.8, 4) is 33.8 Å². The van der Waals surface area contributed by atoms with Crippen molar-refractivity contribution in [2.24, 2.45) is 0 Å². The Balaban J connectivity index is 2.37. The molecule has 0 aromatic heterocycles. The average molecular weight is 399 g/mol. The van der Waals surface area contributed by atoms with Gasteiger partial charge in [0, 0.05) is 12.5 Å². The lowest BCUT2D eigenvalue weighted by Gasteiger charge is -2.20. The fourth-order valence-corrected chi connectivity index (χ4v) is 3.29. The van der Waals surface area contributed by atoms with E-state index in [9.17, 15) is 24.3 Å². The molecule has 3 aromatic rings. The van der Waals surface area contributed by atoms with Crippen molar-refractivity contribution >= 4 is 19.4 Å². The topological polar surface area (TPSA) is 116 Å².